The van der Waals surface area contributed by atoms with Gasteiger partial charge in [-0.3, -0.25) is 4.79 Å². The van der Waals surface area contributed by atoms with Crippen LogP contribution in [0.2, 0.25) is 0 Å². The molecule has 0 fully saturated rings. The number of ether oxygens (including phenoxy) is 1. The molecule has 0 aliphatic carbocycles. The Hall–Kier alpha value is -3.35. The number of esters is 2. The molecule has 0 spiro atoms. The van der Waals surface area contributed by atoms with E-state index in [9.17, 15) is 19.5 Å². The van der Waals surface area contributed by atoms with E-state index in [0.29, 0.717) is 0 Å². The first-order valence-electron chi connectivity index (χ1n) is 6.35. The second kappa shape index (κ2) is 8.18. The molecule has 2 rings (SSSR count). The number of benzene rings is 2. The highest BCUT2D eigenvalue weighted by atomic mass is 16.6. The lowest BCUT2D eigenvalue weighted by Gasteiger charge is -2.01. The number of rotatable bonds is 2. The molecule has 0 aromatic heterocycles. The van der Waals surface area contributed by atoms with Crippen LogP contribution >= 0.6 is 0 Å². The van der Waals surface area contributed by atoms with E-state index in [0.717, 1.165) is 6.92 Å². The van der Waals surface area contributed by atoms with Crippen LogP contribution in [0.15, 0.2) is 48.5 Å². The van der Waals surface area contributed by atoms with Gasteiger partial charge in [-0.1, -0.05) is 24.3 Å². The molecule has 3 N–H and O–H groups in total. The van der Waals surface area contributed by atoms with Gasteiger partial charge in [0.25, 0.3) is 0 Å². The van der Waals surface area contributed by atoms with Gasteiger partial charge >= 0.3 is 17.9 Å². The maximum Gasteiger partial charge on any atom is 0.349 e. The van der Waals surface area contributed by atoms with E-state index in [-0.39, 0.29) is 22.6 Å². The van der Waals surface area contributed by atoms with E-state index in [1.54, 1.807) is 24.3 Å². The zero-order chi connectivity index (χ0) is 17.4. The number of carbonyl (C=O) groups is 3. The Morgan fingerprint density at radius 3 is 1.61 bits per heavy atom. The number of hydrogen-bond acceptors (Lipinski definition) is 6. The molecule has 120 valence electrons. The SMILES string of the molecule is CC(=O)OC(=O)c1ccccc1O.O=C(O)c1ccccc1O. The van der Waals surface area contributed by atoms with Crippen molar-refractivity contribution < 1.29 is 34.4 Å². The van der Waals surface area contributed by atoms with Gasteiger partial charge in [0.05, 0.1) is 0 Å². The summed E-state index contributed by atoms with van der Waals surface area (Å²) >= 11 is 0. The average molecular weight is 318 g/mol. The smallest absolute Gasteiger partial charge is 0.349 e. The number of aromatic hydroxyl groups is 2. The largest absolute Gasteiger partial charge is 0.507 e. The van der Waals surface area contributed by atoms with Crippen LogP contribution in [0.25, 0.3) is 0 Å². The minimum atomic E-state index is -1.11. The minimum Gasteiger partial charge on any atom is -0.507 e. The predicted molar refractivity (Wildman–Crippen MR) is 79.3 cm³/mol. The number of carboxylic acids is 1. The third-order valence-corrected chi connectivity index (χ3v) is 2.49. The highest BCUT2D eigenvalue weighted by Gasteiger charge is 2.13. The van der Waals surface area contributed by atoms with Crippen molar-refractivity contribution in [1.82, 2.24) is 0 Å². The number of carbonyl (C=O) groups excluding carboxylic acids is 2. The number of phenolic OH excluding ortho intramolecular Hbond substituents is 1. The molecule has 23 heavy (non-hydrogen) atoms. The Bertz CT molecular complexity index is 722. The number of phenols is 2. The van der Waals surface area contributed by atoms with Crippen LogP contribution in [0.5, 0.6) is 11.5 Å². The standard InChI is InChI=1S/C9H8O4.C7H6O3/c1-6(10)13-9(12)7-4-2-3-5-8(7)11;8-6-4-2-1-3-5(6)7(9)10/h2-5,11H,1H3;1-4,8H,(H,9,10). The Kier molecular flexibility index (Phi) is 6.30. The van der Waals surface area contributed by atoms with E-state index in [1.165, 1.54) is 24.3 Å². The Morgan fingerprint density at radius 1 is 0.826 bits per heavy atom. The molecule has 0 aliphatic heterocycles. The Balaban J connectivity index is 0.000000238. The highest BCUT2D eigenvalue weighted by Crippen LogP contribution is 2.16. The summed E-state index contributed by atoms with van der Waals surface area (Å²) in [7, 11) is 0. The first-order valence-corrected chi connectivity index (χ1v) is 6.35. The highest BCUT2D eigenvalue weighted by molar-refractivity contribution is 5.98. The summed E-state index contributed by atoms with van der Waals surface area (Å²) in [4.78, 5) is 31.7. The first-order chi connectivity index (χ1) is 10.8. The van der Waals surface area contributed by atoms with Crippen LogP contribution in [0.3, 0.4) is 0 Å². The van der Waals surface area contributed by atoms with Crippen molar-refractivity contribution in [3.8, 4) is 11.5 Å². The topological polar surface area (TPSA) is 121 Å². The zero-order valence-corrected chi connectivity index (χ0v) is 12.1. The van der Waals surface area contributed by atoms with Crippen molar-refractivity contribution in [2.75, 3.05) is 0 Å². The van der Waals surface area contributed by atoms with Gasteiger partial charge in [-0.15, -0.1) is 0 Å². The summed E-state index contributed by atoms with van der Waals surface area (Å²) in [5.74, 6) is -3.05. The molecule has 0 amide bonds. The molecule has 7 heteroatoms. The van der Waals surface area contributed by atoms with Crippen molar-refractivity contribution in [2.24, 2.45) is 0 Å². The van der Waals surface area contributed by atoms with Crippen LogP contribution in [-0.2, 0) is 9.53 Å². The lowest BCUT2D eigenvalue weighted by atomic mass is 10.2. The lowest BCUT2D eigenvalue weighted by molar-refractivity contribution is -0.135. The third-order valence-electron chi connectivity index (χ3n) is 2.49. The number of aromatic carboxylic acids is 1. The number of carboxylic acid groups (broad SMARTS) is 1. The fourth-order valence-electron chi connectivity index (χ4n) is 1.49. The van der Waals surface area contributed by atoms with Crippen molar-refractivity contribution in [3.05, 3.63) is 59.7 Å². The summed E-state index contributed by atoms with van der Waals surface area (Å²) in [6.07, 6.45) is 0. The molecule has 0 radical (unpaired) electrons. The quantitative estimate of drug-likeness (QED) is 0.573. The van der Waals surface area contributed by atoms with Gasteiger partial charge in [0.2, 0.25) is 0 Å². The summed E-state index contributed by atoms with van der Waals surface area (Å²) in [5, 5.41) is 26.5. The summed E-state index contributed by atoms with van der Waals surface area (Å²) in [5.41, 5.74) is -0.0831. The van der Waals surface area contributed by atoms with Crippen LogP contribution in [0.1, 0.15) is 27.6 Å². The molecule has 2 aromatic carbocycles. The maximum atomic E-state index is 11.1. The van der Waals surface area contributed by atoms with Crippen molar-refractivity contribution in [2.45, 2.75) is 6.92 Å². The summed E-state index contributed by atoms with van der Waals surface area (Å²) in [6.45, 7) is 1.12. The number of hydrogen-bond donors (Lipinski definition) is 3. The minimum absolute atomic E-state index is 0.0160. The van der Waals surface area contributed by atoms with Crippen molar-refractivity contribution >= 4 is 17.9 Å². The van der Waals surface area contributed by atoms with E-state index >= 15 is 0 Å². The molecule has 0 atom stereocenters. The predicted octanol–water partition coefficient (Wildman–Crippen LogP) is 2.19. The molecule has 7 nitrogen and oxygen atoms in total. The molecule has 0 unspecified atom stereocenters. The van der Waals surface area contributed by atoms with Crippen molar-refractivity contribution in [1.29, 1.82) is 0 Å². The fourth-order valence-corrected chi connectivity index (χ4v) is 1.49. The molecule has 0 aliphatic rings. The van der Waals surface area contributed by atoms with E-state index in [2.05, 4.69) is 4.74 Å². The van der Waals surface area contributed by atoms with Crippen LogP contribution in [0.4, 0.5) is 0 Å². The fraction of sp³-hybridized carbons (Fsp3) is 0.0625. The number of para-hydroxylation sites is 2. The van der Waals surface area contributed by atoms with Gasteiger partial charge in [-0.25, -0.2) is 9.59 Å². The monoisotopic (exact) mass is 318 g/mol. The molecule has 0 saturated carbocycles. The lowest BCUT2D eigenvalue weighted by Crippen LogP contribution is -2.09. The van der Waals surface area contributed by atoms with Gasteiger partial charge in [0.1, 0.15) is 22.6 Å². The second-order valence-corrected chi connectivity index (χ2v) is 4.22. The van der Waals surface area contributed by atoms with E-state index in [1.807, 2.05) is 0 Å². The van der Waals surface area contributed by atoms with Gasteiger partial charge in [0.15, 0.2) is 0 Å². The van der Waals surface area contributed by atoms with Crippen molar-refractivity contribution in [3.63, 3.8) is 0 Å². The molecular weight excluding hydrogens is 304 g/mol. The van der Waals surface area contributed by atoms with Crippen LogP contribution in [0, 0.1) is 0 Å². The molecular formula is C16H14O7. The normalized spacial score (nSPS) is 9.26. The summed E-state index contributed by atoms with van der Waals surface area (Å²) in [6, 6.07) is 11.7. The first kappa shape index (κ1) is 17.7. The Labute approximate surface area is 131 Å². The molecule has 0 heterocycles. The second-order valence-electron chi connectivity index (χ2n) is 4.22. The maximum absolute atomic E-state index is 11.1. The van der Waals surface area contributed by atoms with Gasteiger partial charge in [0, 0.05) is 6.92 Å². The third kappa shape index (κ3) is 5.50. The zero-order valence-electron chi connectivity index (χ0n) is 12.1. The van der Waals surface area contributed by atoms with Gasteiger partial charge in [-0.2, -0.15) is 0 Å². The Morgan fingerprint density at radius 2 is 1.26 bits per heavy atom. The molecule has 0 saturated heterocycles. The van der Waals surface area contributed by atoms with E-state index < -0.39 is 17.9 Å². The average Bonchev–Trinajstić information content (AvgIpc) is 2.47. The van der Waals surface area contributed by atoms with Gasteiger partial charge < -0.3 is 20.1 Å². The summed E-state index contributed by atoms with van der Waals surface area (Å²) < 4.78 is 4.28. The van der Waals surface area contributed by atoms with Crippen LogP contribution in [-0.4, -0.2) is 33.2 Å². The van der Waals surface area contributed by atoms with Gasteiger partial charge in [-0.05, 0) is 24.3 Å². The van der Waals surface area contributed by atoms with E-state index in [4.69, 9.17) is 10.2 Å². The molecule has 0 bridgehead atoms. The molecule has 2 aromatic rings. The van der Waals surface area contributed by atoms with Crippen LogP contribution < -0.4 is 0 Å².